The van der Waals surface area contributed by atoms with Crippen LogP contribution < -0.4 is 11.1 Å². The van der Waals surface area contributed by atoms with Crippen LogP contribution in [-0.2, 0) is 4.79 Å². The van der Waals surface area contributed by atoms with Gasteiger partial charge in [-0.05, 0) is 24.3 Å². The van der Waals surface area contributed by atoms with Crippen molar-refractivity contribution in [1.82, 2.24) is 0 Å². The number of benzene rings is 1. The minimum Gasteiger partial charge on any atom is -0.399 e. The molecule has 106 valence electrons. The largest absolute Gasteiger partial charge is 0.399 e. The van der Waals surface area contributed by atoms with E-state index in [1.54, 1.807) is 23.9 Å². The van der Waals surface area contributed by atoms with E-state index in [-0.39, 0.29) is 5.91 Å². The van der Waals surface area contributed by atoms with E-state index in [1.807, 2.05) is 0 Å². The summed E-state index contributed by atoms with van der Waals surface area (Å²) in [6.07, 6.45) is 3.52. The zero-order chi connectivity index (χ0) is 14.3. The highest BCUT2D eigenvalue weighted by atomic mass is 35.5. The number of hydrogen-bond donors (Lipinski definition) is 2. The molecule has 1 amide bonds. The first kappa shape index (κ1) is 16.5. The molecule has 0 radical (unpaired) electrons. The molecular formula is C13H18Cl2N2OS. The molecule has 1 aromatic rings. The lowest BCUT2D eigenvalue weighted by Gasteiger charge is -2.10. The van der Waals surface area contributed by atoms with Gasteiger partial charge in [0.25, 0.3) is 0 Å². The van der Waals surface area contributed by atoms with E-state index in [4.69, 9.17) is 28.9 Å². The molecule has 0 atom stereocenters. The van der Waals surface area contributed by atoms with Crippen LogP contribution in [0.4, 0.5) is 11.4 Å². The van der Waals surface area contributed by atoms with Crippen molar-refractivity contribution in [2.24, 2.45) is 0 Å². The first-order valence-corrected chi connectivity index (χ1v) is 8.07. The first-order valence-electron chi connectivity index (χ1n) is 6.16. The number of rotatable bonds is 7. The van der Waals surface area contributed by atoms with Crippen molar-refractivity contribution >= 4 is 52.2 Å². The summed E-state index contributed by atoms with van der Waals surface area (Å²) in [6.45, 7) is 2.16. The normalized spacial score (nSPS) is 10.5. The second kappa shape index (κ2) is 8.56. The molecule has 0 aromatic heterocycles. The van der Waals surface area contributed by atoms with Crippen molar-refractivity contribution in [3.63, 3.8) is 0 Å². The highest BCUT2D eigenvalue weighted by Crippen LogP contribution is 2.32. The van der Waals surface area contributed by atoms with Gasteiger partial charge in [0.15, 0.2) is 0 Å². The topological polar surface area (TPSA) is 55.1 Å². The average Bonchev–Trinajstić information content (AvgIpc) is 2.33. The zero-order valence-electron chi connectivity index (χ0n) is 10.8. The van der Waals surface area contributed by atoms with E-state index in [0.29, 0.717) is 27.2 Å². The van der Waals surface area contributed by atoms with Crippen LogP contribution in [0, 0.1) is 0 Å². The van der Waals surface area contributed by atoms with Crippen molar-refractivity contribution in [3.05, 3.63) is 22.2 Å². The van der Waals surface area contributed by atoms with Crippen LogP contribution in [0.1, 0.15) is 26.2 Å². The molecule has 3 N–H and O–H groups in total. The van der Waals surface area contributed by atoms with Crippen LogP contribution >= 0.6 is 35.0 Å². The van der Waals surface area contributed by atoms with Crippen molar-refractivity contribution in [1.29, 1.82) is 0 Å². The smallest absolute Gasteiger partial charge is 0.234 e. The molecule has 0 aliphatic carbocycles. The lowest BCUT2D eigenvalue weighted by molar-refractivity contribution is -0.113. The van der Waals surface area contributed by atoms with Gasteiger partial charge in [0.1, 0.15) is 0 Å². The van der Waals surface area contributed by atoms with Crippen LogP contribution in [0.15, 0.2) is 12.1 Å². The fourth-order valence-corrected chi connectivity index (χ4v) is 2.92. The van der Waals surface area contributed by atoms with Crippen molar-refractivity contribution < 1.29 is 4.79 Å². The van der Waals surface area contributed by atoms with Gasteiger partial charge in [-0.25, -0.2) is 0 Å². The second-order valence-corrected chi connectivity index (χ2v) is 6.09. The molecule has 0 saturated heterocycles. The molecule has 0 aliphatic heterocycles. The Labute approximate surface area is 128 Å². The molecule has 1 rings (SSSR count). The Balaban J connectivity index is 2.44. The molecule has 19 heavy (non-hydrogen) atoms. The number of unbranched alkanes of at least 4 members (excludes halogenated alkanes) is 2. The molecule has 0 bridgehead atoms. The lowest BCUT2D eigenvalue weighted by atomic mass is 10.3. The van der Waals surface area contributed by atoms with E-state index in [2.05, 4.69) is 12.2 Å². The van der Waals surface area contributed by atoms with Crippen molar-refractivity contribution in [2.45, 2.75) is 26.2 Å². The third-order valence-electron chi connectivity index (χ3n) is 2.45. The number of amides is 1. The van der Waals surface area contributed by atoms with E-state index in [9.17, 15) is 4.79 Å². The number of halogens is 2. The molecule has 0 aliphatic rings. The fraction of sp³-hybridized carbons (Fsp3) is 0.462. The summed E-state index contributed by atoms with van der Waals surface area (Å²) in [4.78, 5) is 11.8. The van der Waals surface area contributed by atoms with Crippen LogP contribution in [0.25, 0.3) is 0 Å². The first-order chi connectivity index (χ1) is 9.04. The molecule has 0 unspecified atom stereocenters. The van der Waals surface area contributed by atoms with E-state index in [1.165, 1.54) is 12.8 Å². The maximum Gasteiger partial charge on any atom is 0.234 e. The molecular weight excluding hydrogens is 303 g/mol. The summed E-state index contributed by atoms with van der Waals surface area (Å²) in [5, 5.41) is 3.43. The maximum absolute atomic E-state index is 11.8. The minimum absolute atomic E-state index is 0.102. The highest BCUT2D eigenvalue weighted by Gasteiger charge is 2.10. The number of carbonyl (C=O) groups is 1. The molecule has 1 aromatic carbocycles. The quantitative estimate of drug-likeness (QED) is 0.577. The number of anilines is 2. The third kappa shape index (κ3) is 5.93. The highest BCUT2D eigenvalue weighted by molar-refractivity contribution is 7.99. The van der Waals surface area contributed by atoms with Gasteiger partial charge in [-0.1, -0.05) is 43.0 Å². The molecule has 6 heteroatoms. The van der Waals surface area contributed by atoms with Crippen LogP contribution in [0.5, 0.6) is 0 Å². The lowest BCUT2D eigenvalue weighted by Crippen LogP contribution is -2.15. The molecule has 0 spiro atoms. The van der Waals surface area contributed by atoms with Gasteiger partial charge in [0.2, 0.25) is 5.91 Å². The second-order valence-electron chi connectivity index (χ2n) is 4.17. The van der Waals surface area contributed by atoms with Crippen molar-refractivity contribution in [2.75, 3.05) is 22.6 Å². The molecule has 0 saturated carbocycles. The van der Waals surface area contributed by atoms with Gasteiger partial charge in [-0.3, -0.25) is 4.79 Å². The van der Waals surface area contributed by atoms with Gasteiger partial charge >= 0.3 is 0 Å². The predicted molar refractivity (Wildman–Crippen MR) is 86.4 cm³/mol. The Hall–Kier alpha value is -0.580. The fourth-order valence-electron chi connectivity index (χ4n) is 1.51. The van der Waals surface area contributed by atoms with E-state index < -0.39 is 0 Å². The summed E-state index contributed by atoms with van der Waals surface area (Å²) in [7, 11) is 0. The maximum atomic E-state index is 11.8. The summed E-state index contributed by atoms with van der Waals surface area (Å²) in [5.74, 6) is 1.29. The van der Waals surface area contributed by atoms with Crippen LogP contribution in [-0.4, -0.2) is 17.4 Å². The number of nitrogen functional groups attached to an aromatic ring is 1. The van der Waals surface area contributed by atoms with Gasteiger partial charge < -0.3 is 11.1 Å². The zero-order valence-corrected chi connectivity index (χ0v) is 13.2. The monoisotopic (exact) mass is 320 g/mol. The summed E-state index contributed by atoms with van der Waals surface area (Å²) in [5.41, 5.74) is 6.50. The van der Waals surface area contributed by atoms with Crippen LogP contribution in [0.2, 0.25) is 10.0 Å². The third-order valence-corrected chi connectivity index (χ3v) is 4.09. The van der Waals surface area contributed by atoms with Crippen molar-refractivity contribution in [3.8, 4) is 0 Å². The summed E-state index contributed by atoms with van der Waals surface area (Å²) < 4.78 is 0. The SMILES string of the molecule is CCCCCSCC(=O)Nc1c(Cl)cc(N)cc1Cl. The molecule has 3 nitrogen and oxygen atoms in total. The molecule has 0 heterocycles. The summed E-state index contributed by atoms with van der Waals surface area (Å²) in [6, 6.07) is 3.13. The minimum atomic E-state index is -0.102. The predicted octanol–water partition coefficient (Wildman–Crippen LogP) is 4.44. The Morgan fingerprint density at radius 3 is 2.53 bits per heavy atom. The van der Waals surface area contributed by atoms with E-state index in [0.717, 1.165) is 12.2 Å². The average molecular weight is 321 g/mol. The molecule has 0 fully saturated rings. The number of nitrogens with two attached hydrogens (primary N) is 1. The number of hydrogen-bond acceptors (Lipinski definition) is 3. The number of nitrogens with one attached hydrogen (secondary N) is 1. The van der Waals surface area contributed by atoms with Gasteiger partial charge in [-0.2, -0.15) is 11.8 Å². The number of thioether (sulfide) groups is 1. The van der Waals surface area contributed by atoms with Gasteiger partial charge in [-0.15, -0.1) is 0 Å². The Bertz CT molecular complexity index is 418. The van der Waals surface area contributed by atoms with E-state index >= 15 is 0 Å². The van der Waals surface area contributed by atoms with Gasteiger partial charge in [0.05, 0.1) is 21.5 Å². The standard InChI is InChI=1S/C13H18Cl2N2OS/c1-2-3-4-5-19-8-12(18)17-13-10(14)6-9(16)7-11(13)15/h6-7H,2-5,8,16H2,1H3,(H,17,18). The Morgan fingerprint density at radius 2 is 1.95 bits per heavy atom. The van der Waals surface area contributed by atoms with Gasteiger partial charge in [0, 0.05) is 5.69 Å². The summed E-state index contributed by atoms with van der Waals surface area (Å²) >= 11 is 13.6. The van der Waals surface area contributed by atoms with Crippen LogP contribution in [0.3, 0.4) is 0 Å². The Morgan fingerprint density at radius 1 is 1.32 bits per heavy atom. The number of carbonyl (C=O) groups excluding carboxylic acids is 1. The Kier molecular flexibility index (Phi) is 7.42.